The first-order valence-corrected chi connectivity index (χ1v) is 11.1. The Kier molecular flexibility index (Phi) is 5.46. The number of phenolic OH excluding ortho intramolecular Hbond substituents is 1. The summed E-state index contributed by atoms with van der Waals surface area (Å²) in [5, 5.41) is 16.2. The van der Waals surface area contributed by atoms with E-state index < -0.39 is 6.04 Å². The van der Waals surface area contributed by atoms with E-state index in [9.17, 15) is 14.3 Å². The van der Waals surface area contributed by atoms with Crippen LogP contribution in [0.2, 0.25) is 0 Å². The van der Waals surface area contributed by atoms with Crippen LogP contribution in [0.1, 0.15) is 30.0 Å². The van der Waals surface area contributed by atoms with Crippen LogP contribution in [0.3, 0.4) is 0 Å². The van der Waals surface area contributed by atoms with Crippen LogP contribution in [-0.4, -0.2) is 71.5 Å². The van der Waals surface area contributed by atoms with E-state index in [-0.39, 0.29) is 23.5 Å². The van der Waals surface area contributed by atoms with Crippen LogP contribution < -0.4 is 4.74 Å². The van der Waals surface area contributed by atoms with Gasteiger partial charge in [0.2, 0.25) is 0 Å². The van der Waals surface area contributed by atoms with Gasteiger partial charge in [-0.25, -0.2) is 14.2 Å². The Hall–Kier alpha value is -3.13. The van der Waals surface area contributed by atoms with E-state index in [0.29, 0.717) is 30.2 Å². The molecule has 0 saturated carbocycles. The monoisotopic (exact) mass is 438 g/mol. The molecule has 0 unspecified atom stereocenters. The van der Waals surface area contributed by atoms with Crippen molar-refractivity contribution >= 4 is 11.7 Å². The van der Waals surface area contributed by atoms with Gasteiger partial charge in [0, 0.05) is 25.7 Å². The van der Waals surface area contributed by atoms with E-state index in [4.69, 9.17) is 9.84 Å². The molecule has 5 rings (SSSR count). The fraction of sp³-hybridized carbons (Fsp3) is 0.417. The number of hydrogen-bond acceptors (Lipinski definition) is 5. The number of fused-ring (bicyclic) bond motifs is 3. The second-order valence-corrected chi connectivity index (χ2v) is 8.68. The Balaban J connectivity index is 1.47. The maximum absolute atomic E-state index is 14.0. The molecular formula is C24H27FN4O3. The Bertz CT molecular complexity index is 1050. The van der Waals surface area contributed by atoms with E-state index >= 15 is 0 Å². The molecule has 1 fully saturated rings. The number of hydrazone groups is 1. The van der Waals surface area contributed by atoms with Crippen molar-refractivity contribution in [2.75, 3.05) is 39.8 Å². The molecule has 0 bridgehead atoms. The molecule has 8 heteroatoms. The van der Waals surface area contributed by atoms with Gasteiger partial charge in [-0.1, -0.05) is 12.1 Å². The zero-order chi connectivity index (χ0) is 22.2. The summed E-state index contributed by atoms with van der Waals surface area (Å²) in [6, 6.07) is 10.5. The molecule has 32 heavy (non-hydrogen) atoms. The number of halogens is 1. The zero-order valence-electron chi connectivity index (χ0n) is 18.1. The summed E-state index contributed by atoms with van der Waals surface area (Å²) in [6.45, 7) is 3.88. The quantitative estimate of drug-likeness (QED) is 0.794. The lowest BCUT2D eigenvalue weighted by Gasteiger charge is -2.32. The summed E-state index contributed by atoms with van der Waals surface area (Å²) in [6.07, 6.45) is 2.41. The largest absolute Gasteiger partial charge is 0.508 e. The third kappa shape index (κ3) is 3.79. The summed E-state index contributed by atoms with van der Waals surface area (Å²) < 4.78 is 19.9. The van der Waals surface area contributed by atoms with E-state index in [1.54, 1.807) is 36.2 Å². The van der Waals surface area contributed by atoms with E-state index in [2.05, 4.69) is 4.90 Å². The highest BCUT2D eigenvalue weighted by atomic mass is 19.1. The van der Waals surface area contributed by atoms with E-state index in [1.807, 2.05) is 6.07 Å². The minimum absolute atomic E-state index is 0.119. The fourth-order valence-corrected chi connectivity index (χ4v) is 4.82. The predicted octanol–water partition coefficient (Wildman–Crippen LogP) is 3.45. The number of likely N-dealkylation sites (N-methyl/N-ethyl adjacent to an activating group) is 1. The van der Waals surface area contributed by atoms with Gasteiger partial charge in [0.15, 0.2) is 0 Å². The van der Waals surface area contributed by atoms with Crippen molar-refractivity contribution < 1.29 is 19.0 Å². The van der Waals surface area contributed by atoms with Crippen molar-refractivity contribution in [1.82, 2.24) is 14.8 Å². The molecule has 3 heterocycles. The number of likely N-dealkylation sites (tertiary alicyclic amines) is 1. The highest BCUT2D eigenvalue weighted by Crippen LogP contribution is 2.43. The molecule has 2 atom stereocenters. The number of carbonyl (C=O) groups is 1. The number of rotatable bonds is 4. The number of ether oxygens (including phenoxy) is 1. The van der Waals surface area contributed by atoms with Crippen molar-refractivity contribution in [2.45, 2.75) is 18.9 Å². The van der Waals surface area contributed by atoms with Gasteiger partial charge in [0.1, 0.15) is 17.3 Å². The van der Waals surface area contributed by atoms with Gasteiger partial charge in [-0.05, 0) is 61.8 Å². The average molecular weight is 439 g/mol. The highest BCUT2D eigenvalue weighted by Gasteiger charge is 2.46. The second-order valence-electron chi connectivity index (χ2n) is 8.68. The minimum atomic E-state index is -0.449. The van der Waals surface area contributed by atoms with Gasteiger partial charge in [-0.2, -0.15) is 5.10 Å². The number of benzene rings is 2. The molecule has 7 nitrogen and oxygen atoms in total. The van der Waals surface area contributed by atoms with Gasteiger partial charge in [0.05, 0.1) is 24.3 Å². The number of phenols is 1. The average Bonchev–Trinajstić information content (AvgIpc) is 3.44. The molecule has 0 spiro atoms. The first kappa shape index (κ1) is 20.8. The van der Waals surface area contributed by atoms with Crippen LogP contribution in [0, 0.1) is 11.7 Å². The van der Waals surface area contributed by atoms with Crippen molar-refractivity contribution in [3.05, 3.63) is 59.4 Å². The SMILES string of the molecule is CN(CCN1CCCC1)C(=O)N1N=C2c3cc(F)ccc3OC[C@H]2[C@H]1c1cccc(O)c1. The fourth-order valence-electron chi connectivity index (χ4n) is 4.82. The predicted molar refractivity (Wildman–Crippen MR) is 118 cm³/mol. The Morgan fingerprint density at radius 3 is 2.84 bits per heavy atom. The minimum Gasteiger partial charge on any atom is -0.508 e. The first-order chi connectivity index (χ1) is 15.5. The van der Waals surface area contributed by atoms with Crippen LogP contribution >= 0.6 is 0 Å². The lowest BCUT2D eigenvalue weighted by Crippen LogP contribution is -2.43. The molecular weight excluding hydrogens is 411 g/mol. The molecule has 1 saturated heterocycles. The van der Waals surface area contributed by atoms with Crippen molar-refractivity contribution in [3.63, 3.8) is 0 Å². The lowest BCUT2D eigenvalue weighted by molar-refractivity contribution is 0.130. The van der Waals surface area contributed by atoms with Crippen LogP contribution in [0.25, 0.3) is 0 Å². The van der Waals surface area contributed by atoms with Gasteiger partial charge in [-0.3, -0.25) is 0 Å². The van der Waals surface area contributed by atoms with Crippen LogP contribution in [0.4, 0.5) is 9.18 Å². The number of amides is 2. The second kappa shape index (κ2) is 8.43. The first-order valence-electron chi connectivity index (χ1n) is 11.1. The summed E-state index contributed by atoms with van der Waals surface area (Å²) in [7, 11) is 1.78. The maximum Gasteiger partial charge on any atom is 0.340 e. The number of nitrogens with zero attached hydrogens (tertiary/aromatic N) is 4. The van der Waals surface area contributed by atoms with Gasteiger partial charge in [0.25, 0.3) is 0 Å². The standard InChI is InChI=1S/C24H27FN4O3/c1-27(11-12-28-9-2-3-10-28)24(31)29-23(16-5-4-6-18(30)13-16)20-15-32-21-8-7-17(25)14-19(21)22(20)26-29/h4-8,13-14,20,23,30H,2-3,9-12,15H2,1H3/t20-,23-/m1/s1. The Morgan fingerprint density at radius 1 is 1.25 bits per heavy atom. The number of urea groups is 1. The van der Waals surface area contributed by atoms with Crippen LogP contribution in [0.5, 0.6) is 11.5 Å². The van der Waals surface area contributed by atoms with Crippen molar-refractivity contribution in [3.8, 4) is 11.5 Å². The van der Waals surface area contributed by atoms with Crippen LogP contribution in [-0.2, 0) is 0 Å². The third-order valence-electron chi connectivity index (χ3n) is 6.53. The van der Waals surface area contributed by atoms with Crippen LogP contribution in [0.15, 0.2) is 47.6 Å². The van der Waals surface area contributed by atoms with Crippen molar-refractivity contribution in [1.29, 1.82) is 0 Å². The Labute approximate surface area is 186 Å². The van der Waals surface area contributed by atoms with Gasteiger partial charge >= 0.3 is 6.03 Å². The molecule has 168 valence electrons. The van der Waals surface area contributed by atoms with E-state index in [1.165, 1.54) is 30.0 Å². The molecule has 0 aliphatic carbocycles. The highest BCUT2D eigenvalue weighted by molar-refractivity contribution is 6.07. The molecule has 1 N–H and O–H groups in total. The normalized spacial score (nSPS) is 22.2. The molecule has 3 aliphatic heterocycles. The number of carbonyl (C=O) groups excluding carboxylic acids is 1. The lowest BCUT2D eigenvalue weighted by atomic mass is 9.86. The molecule has 3 aliphatic rings. The third-order valence-corrected chi connectivity index (χ3v) is 6.53. The molecule has 2 aromatic carbocycles. The summed E-state index contributed by atoms with van der Waals surface area (Å²) in [4.78, 5) is 17.5. The Morgan fingerprint density at radius 2 is 2.06 bits per heavy atom. The van der Waals surface area contributed by atoms with Crippen molar-refractivity contribution in [2.24, 2.45) is 11.0 Å². The maximum atomic E-state index is 14.0. The van der Waals surface area contributed by atoms with E-state index in [0.717, 1.165) is 25.2 Å². The molecule has 0 aromatic heterocycles. The van der Waals surface area contributed by atoms with Gasteiger partial charge in [-0.15, -0.1) is 0 Å². The zero-order valence-corrected chi connectivity index (χ0v) is 18.1. The topological polar surface area (TPSA) is 68.6 Å². The number of hydrogen-bond donors (Lipinski definition) is 1. The summed E-state index contributed by atoms with van der Waals surface area (Å²) >= 11 is 0. The molecule has 0 radical (unpaired) electrons. The number of aromatic hydroxyl groups is 1. The molecule has 2 amide bonds. The summed E-state index contributed by atoms with van der Waals surface area (Å²) in [5.74, 6) is 0.0424. The molecule has 2 aromatic rings. The van der Waals surface area contributed by atoms with Gasteiger partial charge < -0.3 is 19.6 Å². The smallest absolute Gasteiger partial charge is 0.340 e. The summed E-state index contributed by atoms with van der Waals surface area (Å²) in [5.41, 5.74) is 1.97.